The zero-order valence-corrected chi connectivity index (χ0v) is 9.30. The second-order valence-corrected chi connectivity index (χ2v) is 3.40. The molecule has 2 aromatic heterocycles. The van der Waals surface area contributed by atoms with E-state index in [9.17, 15) is 4.79 Å². The average Bonchev–Trinajstić information content (AvgIpc) is 2.35. The van der Waals surface area contributed by atoms with Crippen LogP contribution in [0.2, 0.25) is 0 Å². The molecule has 0 saturated carbocycles. The molecule has 2 aromatic rings. The van der Waals surface area contributed by atoms with Crippen molar-refractivity contribution in [2.75, 3.05) is 19.0 Å². The minimum atomic E-state index is -0.433. The molecule has 0 aliphatic carbocycles. The Morgan fingerprint density at radius 1 is 1.47 bits per heavy atom. The second kappa shape index (κ2) is 4.65. The SMILES string of the molecule is COc1ccc2nccc(NCC(N)=O)c2n1. The molecule has 6 nitrogen and oxygen atoms in total. The molecule has 0 saturated heterocycles. The van der Waals surface area contributed by atoms with Gasteiger partial charge in [-0.2, -0.15) is 0 Å². The van der Waals surface area contributed by atoms with Crippen LogP contribution in [0.15, 0.2) is 24.4 Å². The van der Waals surface area contributed by atoms with Gasteiger partial charge in [0.1, 0.15) is 5.52 Å². The summed E-state index contributed by atoms with van der Waals surface area (Å²) in [6, 6.07) is 5.27. The maximum Gasteiger partial charge on any atom is 0.236 e. The Bertz CT molecular complexity index is 556. The highest BCUT2D eigenvalue weighted by Gasteiger charge is 2.05. The first-order valence-electron chi connectivity index (χ1n) is 5.02. The van der Waals surface area contributed by atoms with Crippen molar-refractivity contribution in [2.24, 2.45) is 5.73 Å². The highest BCUT2D eigenvalue weighted by Crippen LogP contribution is 2.21. The first-order chi connectivity index (χ1) is 8.20. The normalized spacial score (nSPS) is 10.2. The molecule has 0 aliphatic heterocycles. The number of hydrogen-bond donors (Lipinski definition) is 2. The van der Waals surface area contributed by atoms with Gasteiger partial charge in [-0.3, -0.25) is 9.78 Å². The average molecular weight is 232 g/mol. The monoisotopic (exact) mass is 232 g/mol. The number of primary amides is 1. The van der Waals surface area contributed by atoms with Crippen LogP contribution in [0.4, 0.5) is 5.69 Å². The van der Waals surface area contributed by atoms with E-state index in [0.29, 0.717) is 17.1 Å². The van der Waals surface area contributed by atoms with Crippen molar-refractivity contribution in [3.05, 3.63) is 24.4 Å². The number of ether oxygens (including phenoxy) is 1. The largest absolute Gasteiger partial charge is 0.481 e. The van der Waals surface area contributed by atoms with Crippen LogP contribution in [-0.2, 0) is 4.79 Å². The number of aromatic nitrogens is 2. The van der Waals surface area contributed by atoms with E-state index < -0.39 is 5.91 Å². The van der Waals surface area contributed by atoms with Gasteiger partial charge in [0, 0.05) is 12.3 Å². The Morgan fingerprint density at radius 3 is 3.00 bits per heavy atom. The number of fused-ring (bicyclic) bond motifs is 1. The fourth-order valence-corrected chi connectivity index (χ4v) is 1.45. The molecular formula is C11H12N4O2. The molecule has 6 heteroatoms. The molecule has 0 aromatic carbocycles. The summed E-state index contributed by atoms with van der Waals surface area (Å²) in [5, 5.41) is 2.91. The molecule has 0 unspecified atom stereocenters. The standard InChI is InChI=1S/C11H12N4O2/c1-17-10-3-2-7-11(15-10)8(4-5-13-7)14-6-9(12)16/h2-5H,6H2,1H3,(H2,12,16)(H,13,14). The molecule has 1 amide bonds. The molecule has 0 radical (unpaired) electrons. The van der Waals surface area contributed by atoms with Gasteiger partial charge >= 0.3 is 0 Å². The Labute approximate surface area is 97.8 Å². The van der Waals surface area contributed by atoms with Crippen molar-refractivity contribution in [3.8, 4) is 5.88 Å². The number of rotatable bonds is 4. The van der Waals surface area contributed by atoms with E-state index in [4.69, 9.17) is 10.5 Å². The topological polar surface area (TPSA) is 90.1 Å². The number of nitrogens with zero attached hydrogens (tertiary/aromatic N) is 2. The van der Waals surface area contributed by atoms with Crippen LogP contribution in [0.3, 0.4) is 0 Å². The number of hydrogen-bond acceptors (Lipinski definition) is 5. The number of pyridine rings is 2. The summed E-state index contributed by atoms with van der Waals surface area (Å²) in [5.41, 5.74) is 7.15. The van der Waals surface area contributed by atoms with Crippen molar-refractivity contribution in [1.82, 2.24) is 9.97 Å². The Balaban J connectivity index is 2.43. The first kappa shape index (κ1) is 11.1. The number of nitrogens with one attached hydrogen (secondary N) is 1. The predicted molar refractivity (Wildman–Crippen MR) is 63.8 cm³/mol. The molecule has 3 N–H and O–H groups in total. The molecule has 2 rings (SSSR count). The number of carbonyl (C=O) groups is 1. The van der Waals surface area contributed by atoms with Gasteiger partial charge in [-0.1, -0.05) is 0 Å². The lowest BCUT2D eigenvalue weighted by Crippen LogP contribution is -2.22. The molecular weight excluding hydrogens is 220 g/mol. The van der Waals surface area contributed by atoms with Crippen LogP contribution in [0.1, 0.15) is 0 Å². The van der Waals surface area contributed by atoms with Crippen LogP contribution < -0.4 is 15.8 Å². The lowest BCUT2D eigenvalue weighted by Gasteiger charge is -2.07. The number of amides is 1. The van der Waals surface area contributed by atoms with Crippen LogP contribution in [0, 0.1) is 0 Å². The van der Waals surface area contributed by atoms with Crippen LogP contribution >= 0.6 is 0 Å². The minimum absolute atomic E-state index is 0.0536. The highest BCUT2D eigenvalue weighted by atomic mass is 16.5. The first-order valence-corrected chi connectivity index (χ1v) is 5.02. The Morgan fingerprint density at radius 2 is 2.29 bits per heavy atom. The van der Waals surface area contributed by atoms with E-state index in [1.165, 1.54) is 0 Å². The molecule has 2 heterocycles. The van der Waals surface area contributed by atoms with Gasteiger partial charge in [-0.25, -0.2) is 4.98 Å². The van der Waals surface area contributed by atoms with Gasteiger partial charge in [0.05, 0.1) is 24.9 Å². The summed E-state index contributed by atoms with van der Waals surface area (Å²) in [6.07, 6.45) is 1.64. The van der Waals surface area contributed by atoms with Gasteiger partial charge in [-0.15, -0.1) is 0 Å². The van der Waals surface area contributed by atoms with E-state index in [2.05, 4.69) is 15.3 Å². The maximum atomic E-state index is 10.7. The van der Waals surface area contributed by atoms with Gasteiger partial charge in [0.2, 0.25) is 11.8 Å². The smallest absolute Gasteiger partial charge is 0.236 e. The molecule has 0 aliphatic rings. The van der Waals surface area contributed by atoms with Crippen LogP contribution in [-0.4, -0.2) is 29.5 Å². The van der Waals surface area contributed by atoms with E-state index in [0.717, 1.165) is 5.52 Å². The van der Waals surface area contributed by atoms with Gasteiger partial charge in [-0.05, 0) is 12.1 Å². The van der Waals surface area contributed by atoms with E-state index in [-0.39, 0.29) is 6.54 Å². The van der Waals surface area contributed by atoms with Crippen molar-refractivity contribution >= 4 is 22.6 Å². The zero-order valence-electron chi connectivity index (χ0n) is 9.30. The molecule has 0 spiro atoms. The van der Waals surface area contributed by atoms with Gasteiger partial charge in [0.15, 0.2) is 0 Å². The lowest BCUT2D eigenvalue weighted by atomic mass is 10.3. The van der Waals surface area contributed by atoms with Crippen molar-refractivity contribution < 1.29 is 9.53 Å². The summed E-state index contributed by atoms with van der Waals surface area (Å²) in [7, 11) is 1.54. The van der Waals surface area contributed by atoms with Crippen LogP contribution in [0.5, 0.6) is 5.88 Å². The third-order valence-corrected chi connectivity index (χ3v) is 2.22. The number of anilines is 1. The summed E-state index contributed by atoms with van der Waals surface area (Å²) in [4.78, 5) is 19.2. The number of nitrogens with two attached hydrogens (primary N) is 1. The van der Waals surface area contributed by atoms with Gasteiger partial charge in [0.25, 0.3) is 0 Å². The lowest BCUT2D eigenvalue weighted by molar-refractivity contribution is -0.116. The van der Waals surface area contributed by atoms with Gasteiger partial charge < -0.3 is 15.8 Å². The molecule has 88 valence electrons. The van der Waals surface area contributed by atoms with Crippen LogP contribution in [0.25, 0.3) is 11.0 Å². The second-order valence-electron chi connectivity index (χ2n) is 3.40. The summed E-state index contributed by atoms with van der Waals surface area (Å²) in [6.45, 7) is 0.0536. The third-order valence-electron chi connectivity index (χ3n) is 2.22. The molecule has 0 bridgehead atoms. The Kier molecular flexibility index (Phi) is 3.04. The number of carbonyl (C=O) groups excluding carboxylic acids is 1. The summed E-state index contributed by atoms with van der Waals surface area (Å²) < 4.78 is 5.04. The predicted octanol–water partition coefficient (Wildman–Crippen LogP) is 0.536. The van der Waals surface area contributed by atoms with E-state index >= 15 is 0 Å². The van der Waals surface area contributed by atoms with Crippen molar-refractivity contribution in [2.45, 2.75) is 0 Å². The maximum absolute atomic E-state index is 10.7. The number of methoxy groups -OCH3 is 1. The Hall–Kier alpha value is -2.37. The quantitative estimate of drug-likeness (QED) is 0.802. The zero-order chi connectivity index (χ0) is 12.3. The minimum Gasteiger partial charge on any atom is -0.481 e. The van der Waals surface area contributed by atoms with E-state index in [1.54, 1.807) is 31.5 Å². The third kappa shape index (κ3) is 2.41. The fourth-order valence-electron chi connectivity index (χ4n) is 1.45. The fraction of sp³-hybridized carbons (Fsp3) is 0.182. The molecule has 17 heavy (non-hydrogen) atoms. The van der Waals surface area contributed by atoms with Crippen molar-refractivity contribution in [1.29, 1.82) is 0 Å². The summed E-state index contributed by atoms with van der Waals surface area (Å²) in [5.74, 6) is 0.0606. The summed E-state index contributed by atoms with van der Waals surface area (Å²) >= 11 is 0. The molecule has 0 fully saturated rings. The van der Waals surface area contributed by atoms with Crippen molar-refractivity contribution in [3.63, 3.8) is 0 Å². The molecule has 0 atom stereocenters. The highest BCUT2D eigenvalue weighted by molar-refractivity contribution is 5.89. The van der Waals surface area contributed by atoms with E-state index in [1.807, 2.05) is 0 Å².